The Bertz CT molecular complexity index is 799. The molecule has 26 heavy (non-hydrogen) atoms. The predicted molar refractivity (Wildman–Crippen MR) is 95.5 cm³/mol. The normalized spacial score (nSPS) is 17.9. The summed E-state index contributed by atoms with van der Waals surface area (Å²) < 4.78 is 25.7. The maximum absolute atomic E-state index is 12.4. The lowest BCUT2D eigenvalue weighted by Gasteiger charge is -2.31. The molecule has 8 nitrogen and oxygen atoms in total. The lowest BCUT2D eigenvalue weighted by Crippen LogP contribution is -2.41. The van der Waals surface area contributed by atoms with Crippen molar-refractivity contribution in [2.24, 2.45) is 5.92 Å². The first-order valence-corrected chi connectivity index (χ1v) is 9.84. The monoisotopic (exact) mass is 378 g/mol. The predicted octanol–water partition coefficient (Wildman–Crippen LogP) is 1.08. The molecule has 1 aliphatic heterocycles. The minimum absolute atomic E-state index is 0.0500. The molecule has 1 fully saturated rings. The number of benzene rings is 1. The van der Waals surface area contributed by atoms with Crippen molar-refractivity contribution in [3.63, 3.8) is 0 Å². The number of hydrogen-bond donors (Lipinski definition) is 2. The SMILES string of the molecule is CC(=O)NS(=O)(=O)c1ccc(NC(=O)C2CCCN(CCC#N)C2)cc1. The van der Waals surface area contributed by atoms with E-state index in [-0.39, 0.29) is 16.7 Å². The molecule has 0 saturated carbocycles. The Morgan fingerprint density at radius 3 is 2.62 bits per heavy atom. The third kappa shape index (κ3) is 5.54. The number of piperidine rings is 1. The highest BCUT2D eigenvalue weighted by atomic mass is 32.2. The Labute approximate surface area is 153 Å². The van der Waals surface area contributed by atoms with Gasteiger partial charge in [0.1, 0.15) is 0 Å². The third-order valence-electron chi connectivity index (χ3n) is 4.13. The van der Waals surface area contributed by atoms with Gasteiger partial charge in [0.2, 0.25) is 11.8 Å². The van der Waals surface area contributed by atoms with E-state index in [1.807, 2.05) is 4.72 Å². The molecular formula is C17H22N4O4S. The molecule has 2 amide bonds. The molecule has 0 aromatic heterocycles. The van der Waals surface area contributed by atoms with Crippen LogP contribution in [-0.4, -0.2) is 44.8 Å². The number of carbonyl (C=O) groups excluding carboxylic acids is 2. The van der Waals surface area contributed by atoms with Crippen LogP contribution in [0.5, 0.6) is 0 Å². The van der Waals surface area contributed by atoms with E-state index in [4.69, 9.17) is 5.26 Å². The van der Waals surface area contributed by atoms with Gasteiger partial charge in [0.15, 0.2) is 0 Å². The van der Waals surface area contributed by atoms with E-state index < -0.39 is 15.9 Å². The van der Waals surface area contributed by atoms with Crippen LogP contribution in [0, 0.1) is 17.2 Å². The van der Waals surface area contributed by atoms with Gasteiger partial charge in [-0.05, 0) is 43.7 Å². The van der Waals surface area contributed by atoms with E-state index in [1.54, 1.807) is 0 Å². The molecule has 1 aromatic rings. The molecule has 1 unspecified atom stereocenters. The van der Waals surface area contributed by atoms with Crippen molar-refractivity contribution in [2.75, 3.05) is 25.0 Å². The number of nitrogens with zero attached hydrogens (tertiary/aromatic N) is 2. The van der Waals surface area contributed by atoms with Crippen molar-refractivity contribution < 1.29 is 18.0 Å². The van der Waals surface area contributed by atoms with Crippen molar-refractivity contribution in [1.82, 2.24) is 9.62 Å². The minimum atomic E-state index is -3.89. The van der Waals surface area contributed by atoms with Crippen LogP contribution in [0.3, 0.4) is 0 Å². The molecule has 1 aromatic carbocycles. The van der Waals surface area contributed by atoms with Crippen LogP contribution in [0.4, 0.5) is 5.69 Å². The second kappa shape index (κ2) is 8.78. The maximum atomic E-state index is 12.4. The zero-order valence-corrected chi connectivity index (χ0v) is 15.4. The molecule has 0 bridgehead atoms. The van der Waals surface area contributed by atoms with Gasteiger partial charge < -0.3 is 10.2 Å². The van der Waals surface area contributed by atoms with Crippen molar-refractivity contribution >= 4 is 27.5 Å². The fourth-order valence-electron chi connectivity index (χ4n) is 2.89. The molecule has 0 radical (unpaired) electrons. The van der Waals surface area contributed by atoms with Crippen LogP contribution in [0.25, 0.3) is 0 Å². The zero-order valence-electron chi connectivity index (χ0n) is 14.6. The number of carbonyl (C=O) groups is 2. The highest BCUT2D eigenvalue weighted by Crippen LogP contribution is 2.20. The van der Waals surface area contributed by atoms with Crippen molar-refractivity contribution in [2.45, 2.75) is 31.1 Å². The molecular weight excluding hydrogens is 356 g/mol. The summed E-state index contributed by atoms with van der Waals surface area (Å²) in [6, 6.07) is 7.76. The van der Waals surface area contributed by atoms with Crippen LogP contribution in [0.2, 0.25) is 0 Å². The molecule has 0 spiro atoms. The van der Waals surface area contributed by atoms with E-state index in [0.29, 0.717) is 25.2 Å². The van der Waals surface area contributed by atoms with Gasteiger partial charge in [-0.1, -0.05) is 0 Å². The van der Waals surface area contributed by atoms with Crippen LogP contribution < -0.4 is 10.0 Å². The second-order valence-electron chi connectivity index (χ2n) is 6.22. The fraction of sp³-hybridized carbons (Fsp3) is 0.471. The number of nitriles is 1. The molecule has 9 heteroatoms. The lowest BCUT2D eigenvalue weighted by molar-refractivity contribution is -0.121. The number of nitrogens with one attached hydrogen (secondary N) is 2. The first-order chi connectivity index (χ1) is 12.3. The van der Waals surface area contributed by atoms with Crippen LogP contribution in [0.1, 0.15) is 26.2 Å². The summed E-state index contributed by atoms with van der Waals surface area (Å²) in [5.41, 5.74) is 0.492. The minimum Gasteiger partial charge on any atom is -0.326 e. The lowest BCUT2D eigenvalue weighted by atomic mass is 9.97. The van der Waals surface area contributed by atoms with Crippen molar-refractivity contribution in [3.8, 4) is 6.07 Å². The molecule has 1 heterocycles. The van der Waals surface area contributed by atoms with Gasteiger partial charge in [0, 0.05) is 32.1 Å². The molecule has 1 atom stereocenters. The highest BCUT2D eigenvalue weighted by molar-refractivity contribution is 7.90. The van der Waals surface area contributed by atoms with Crippen LogP contribution in [-0.2, 0) is 19.6 Å². The van der Waals surface area contributed by atoms with E-state index in [2.05, 4.69) is 16.3 Å². The zero-order chi connectivity index (χ0) is 19.2. The third-order valence-corrected chi connectivity index (χ3v) is 5.58. The Morgan fingerprint density at radius 2 is 2.00 bits per heavy atom. The van der Waals surface area contributed by atoms with Gasteiger partial charge in [0.05, 0.1) is 16.9 Å². The average Bonchev–Trinajstić information content (AvgIpc) is 2.59. The number of anilines is 1. The maximum Gasteiger partial charge on any atom is 0.264 e. The highest BCUT2D eigenvalue weighted by Gasteiger charge is 2.25. The Kier molecular flexibility index (Phi) is 6.71. The summed E-state index contributed by atoms with van der Waals surface area (Å²) in [6.07, 6.45) is 2.12. The van der Waals surface area contributed by atoms with Crippen molar-refractivity contribution in [1.29, 1.82) is 5.26 Å². The van der Waals surface area contributed by atoms with Crippen molar-refractivity contribution in [3.05, 3.63) is 24.3 Å². The topological polar surface area (TPSA) is 119 Å². The first-order valence-electron chi connectivity index (χ1n) is 8.35. The average molecular weight is 378 g/mol. The smallest absolute Gasteiger partial charge is 0.264 e. The molecule has 1 saturated heterocycles. The summed E-state index contributed by atoms with van der Waals surface area (Å²) in [5.74, 6) is -0.949. The van der Waals surface area contributed by atoms with E-state index in [9.17, 15) is 18.0 Å². The number of rotatable bonds is 6. The van der Waals surface area contributed by atoms with Gasteiger partial charge in [-0.15, -0.1) is 0 Å². The quantitative estimate of drug-likeness (QED) is 0.764. The number of sulfonamides is 1. The number of amides is 2. The Morgan fingerprint density at radius 1 is 1.31 bits per heavy atom. The van der Waals surface area contributed by atoms with E-state index >= 15 is 0 Å². The molecule has 140 valence electrons. The first kappa shape index (κ1) is 19.9. The summed E-state index contributed by atoms with van der Waals surface area (Å²) in [5, 5.41) is 11.5. The fourth-order valence-corrected chi connectivity index (χ4v) is 3.88. The van der Waals surface area contributed by atoms with Crippen LogP contribution >= 0.6 is 0 Å². The molecule has 2 rings (SSSR count). The molecule has 0 aliphatic carbocycles. The second-order valence-corrected chi connectivity index (χ2v) is 7.91. The Balaban J connectivity index is 1.97. The summed E-state index contributed by atoms with van der Waals surface area (Å²) >= 11 is 0. The molecule has 1 aliphatic rings. The number of hydrogen-bond acceptors (Lipinski definition) is 6. The van der Waals surface area contributed by atoms with E-state index in [0.717, 1.165) is 26.3 Å². The van der Waals surface area contributed by atoms with Gasteiger partial charge in [-0.3, -0.25) is 9.59 Å². The van der Waals surface area contributed by atoms with E-state index in [1.165, 1.54) is 24.3 Å². The molecule has 2 N–H and O–H groups in total. The standard InChI is InChI=1S/C17H22N4O4S/c1-13(22)20-26(24,25)16-7-5-15(6-8-16)19-17(23)14-4-2-10-21(12-14)11-3-9-18/h5-8,14H,2-4,10-12H2,1H3,(H,19,23)(H,20,22). The summed E-state index contributed by atoms with van der Waals surface area (Å²) in [4.78, 5) is 25.4. The number of likely N-dealkylation sites (tertiary alicyclic amines) is 1. The van der Waals surface area contributed by atoms with Gasteiger partial charge in [-0.25, -0.2) is 13.1 Å². The van der Waals surface area contributed by atoms with Crippen LogP contribution in [0.15, 0.2) is 29.2 Å². The van der Waals surface area contributed by atoms with Gasteiger partial charge in [-0.2, -0.15) is 5.26 Å². The summed E-state index contributed by atoms with van der Waals surface area (Å²) in [6.45, 7) is 3.29. The summed E-state index contributed by atoms with van der Waals surface area (Å²) in [7, 11) is -3.89. The largest absolute Gasteiger partial charge is 0.326 e. The Hall–Kier alpha value is -2.44. The van der Waals surface area contributed by atoms with Gasteiger partial charge >= 0.3 is 0 Å². The van der Waals surface area contributed by atoms with Gasteiger partial charge in [0.25, 0.3) is 10.0 Å².